The van der Waals surface area contributed by atoms with Gasteiger partial charge in [0.1, 0.15) is 0 Å². The average Bonchev–Trinajstić information content (AvgIpc) is 2.20. The number of rotatable bonds is 4. The highest BCUT2D eigenvalue weighted by atomic mass is 79.9. The van der Waals surface area contributed by atoms with Crippen LogP contribution in [-0.4, -0.2) is 23.2 Å². The predicted molar refractivity (Wildman–Crippen MR) is 71.8 cm³/mol. The lowest BCUT2D eigenvalue weighted by atomic mass is 10.1. The maximum atomic E-state index is 11.8. The Kier molecular flexibility index (Phi) is 4.96. The number of nitrogens with two attached hydrogens (primary N) is 1. The van der Waals surface area contributed by atoms with E-state index in [1.54, 1.807) is 25.1 Å². The minimum absolute atomic E-state index is 0.0705. The number of hydrogen-bond acceptors (Lipinski definition) is 3. The third kappa shape index (κ3) is 4.36. The molecule has 1 aromatic carbocycles. The zero-order valence-corrected chi connectivity index (χ0v) is 11.5. The molecule has 17 heavy (non-hydrogen) atoms. The van der Waals surface area contributed by atoms with Crippen molar-refractivity contribution in [2.24, 2.45) is 0 Å². The quantitative estimate of drug-likeness (QED) is 0.744. The summed E-state index contributed by atoms with van der Waals surface area (Å²) < 4.78 is 0.702. The molecule has 0 radical (unpaired) electrons. The van der Waals surface area contributed by atoms with Crippen molar-refractivity contribution in [3.05, 3.63) is 28.2 Å². The first-order valence-electron chi connectivity index (χ1n) is 5.44. The van der Waals surface area contributed by atoms with Crippen LogP contribution in [0.1, 0.15) is 30.6 Å². The predicted octanol–water partition coefficient (Wildman–Crippen LogP) is 1.92. The fourth-order valence-corrected chi connectivity index (χ4v) is 1.92. The molecule has 2 unspecified atom stereocenters. The number of hydrogen-bond donors (Lipinski definition) is 3. The van der Waals surface area contributed by atoms with Crippen LogP contribution in [-0.2, 0) is 0 Å². The van der Waals surface area contributed by atoms with Gasteiger partial charge in [0.2, 0.25) is 0 Å². The van der Waals surface area contributed by atoms with Gasteiger partial charge in [-0.3, -0.25) is 4.79 Å². The van der Waals surface area contributed by atoms with Gasteiger partial charge in [0, 0.05) is 21.8 Å². The van der Waals surface area contributed by atoms with Crippen molar-refractivity contribution in [1.82, 2.24) is 5.32 Å². The van der Waals surface area contributed by atoms with Crippen LogP contribution in [0.5, 0.6) is 0 Å². The third-order valence-corrected chi connectivity index (χ3v) is 3.02. The Balaban J connectivity index is 2.66. The van der Waals surface area contributed by atoms with Crippen LogP contribution in [0.3, 0.4) is 0 Å². The summed E-state index contributed by atoms with van der Waals surface area (Å²) in [5, 5.41) is 12.0. The number of anilines is 1. The van der Waals surface area contributed by atoms with Gasteiger partial charge in [-0.05, 0) is 54.4 Å². The molecule has 2 atom stereocenters. The number of halogens is 1. The number of amides is 1. The number of benzene rings is 1. The first kappa shape index (κ1) is 14.0. The third-order valence-electron chi connectivity index (χ3n) is 2.33. The number of nitrogen functional groups attached to an aromatic ring is 1. The zero-order chi connectivity index (χ0) is 13.0. The summed E-state index contributed by atoms with van der Waals surface area (Å²) in [6.45, 7) is 3.55. The van der Waals surface area contributed by atoms with Crippen molar-refractivity contribution in [2.45, 2.75) is 32.4 Å². The Labute approximate surface area is 109 Å². The summed E-state index contributed by atoms with van der Waals surface area (Å²) in [5.74, 6) is -0.168. The van der Waals surface area contributed by atoms with Crippen LogP contribution in [0.25, 0.3) is 0 Å². The monoisotopic (exact) mass is 300 g/mol. The smallest absolute Gasteiger partial charge is 0.251 e. The van der Waals surface area contributed by atoms with E-state index in [0.717, 1.165) is 0 Å². The molecule has 1 amide bonds. The molecule has 0 saturated carbocycles. The van der Waals surface area contributed by atoms with Gasteiger partial charge in [0.25, 0.3) is 5.91 Å². The fraction of sp³-hybridized carbons (Fsp3) is 0.417. The molecule has 0 aromatic heterocycles. The van der Waals surface area contributed by atoms with E-state index in [2.05, 4.69) is 21.2 Å². The Morgan fingerprint density at radius 2 is 2.18 bits per heavy atom. The minimum atomic E-state index is -0.427. The molecule has 0 bridgehead atoms. The molecule has 1 aromatic rings. The second-order valence-electron chi connectivity index (χ2n) is 4.20. The lowest BCUT2D eigenvalue weighted by Gasteiger charge is -2.15. The zero-order valence-electron chi connectivity index (χ0n) is 9.90. The number of carbonyl (C=O) groups excluding carboxylic acids is 1. The molecular formula is C12H17BrN2O2. The van der Waals surface area contributed by atoms with Crippen molar-refractivity contribution in [3.63, 3.8) is 0 Å². The van der Waals surface area contributed by atoms with Gasteiger partial charge in [0.15, 0.2) is 0 Å². The van der Waals surface area contributed by atoms with Gasteiger partial charge < -0.3 is 16.2 Å². The van der Waals surface area contributed by atoms with Crippen LogP contribution >= 0.6 is 15.9 Å². The second kappa shape index (κ2) is 6.02. The summed E-state index contributed by atoms with van der Waals surface area (Å²) in [4.78, 5) is 11.8. The van der Waals surface area contributed by atoms with Crippen molar-refractivity contribution in [2.75, 3.05) is 5.73 Å². The van der Waals surface area contributed by atoms with E-state index in [0.29, 0.717) is 22.1 Å². The topological polar surface area (TPSA) is 75.3 Å². The van der Waals surface area contributed by atoms with Gasteiger partial charge in [-0.2, -0.15) is 0 Å². The largest absolute Gasteiger partial charge is 0.398 e. The lowest BCUT2D eigenvalue weighted by molar-refractivity contribution is 0.0923. The first-order valence-corrected chi connectivity index (χ1v) is 6.23. The molecule has 4 nitrogen and oxygen atoms in total. The molecule has 0 aliphatic heterocycles. The molecule has 0 fully saturated rings. The van der Waals surface area contributed by atoms with Gasteiger partial charge >= 0.3 is 0 Å². The number of carbonyl (C=O) groups is 1. The fourth-order valence-electron chi connectivity index (χ4n) is 1.55. The molecule has 94 valence electrons. The van der Waals surface area contributed by atoms with Crippen molar-refractivity contribution in [3.8, 4) is 0 Å². The van der Waals surface area contributed by atoms with Gasteiger partial charge in [-0.1, -0.05) is 0 Å². The Morgan fingerprint density at radius 1 is 1.53 bits per heavy atom. The van der Waals surface area contributed by atoms with Crippen LogP contribution in [0.2, 0.25) is 0 Å². The lowest BCUT2D eigenvalue weighted by Crippen LogP contribution is -2.34. The first-order chi connectivity index (χ1) is 7.90. The van der Waals surface area contributed by atoms with E-state index in [1.165, 1.54) is 0 Å². The summed E-state index contributed by atoms with van der Waals surface area (Å²) in [5.41, 5.74) is 6.79. The second-order valence-corrected chi connectivity index (χ2v) is 5.05. The molecule has 0 saturated heterocycles. The highest BCUT2D eigenvalue weighted by molar-refractivity contribution is 9.10. The molecule has 5 heteroatoms. The van der Waals surface area contributed by atoms with Crippen molar-refractivity contribution in [1.29, 1.82) is 0 Å². The van der Waals surface area contributed by atoms with Gasteiger partial charge in [-0.25, -0.2) is 0 Å². The van der Waals surface area contributed by atoms with Gasteiger partial charge in [-0.15, -0.1) is 0 Å². The Hall–Kier alpha value is -1.07. The molecule has 0 aliphatic carbocycles. The summed E-state index contributed by atoms with van der Waals surface area (Å²) in [6.07, 6.45) is 0.102. The maximum absolute atomic E-state index is 11.8. The van der Waals surface area contributed by atoms with Crippen LogP contribution < -0.4 is 11.1 Å². The number of aliphatic hydroxyl groups excluding tert-OH is 1. The van der Waals surface area contributed by atoms with E-state index in [9.17, 15) is 9.90 Å². The number of aliphatic hydroxyl groups is 1. The maximum Gasteiger partial charge on any atom is 0.251 e. The standard InChI is InChI=1S/C12H17BrN2O2/c1-7(5-8(2)16)15-12(17)9-3-4-11(14)10(13)6-9/h3-4,6-8,16H,5,14H2,1-2H3,(H,15,17). The SMILES string of the molecule is CC(O)CC(C)NC(=O)c1ccc(N)c(Br)c1. The molecular weight excluding hydrogens is 284 g/mol. The van der Waals surface area contributed by atoms with Crippen molar-refractivity contribution >= 4 is 27.5 Å². The van der Waals surface area contributed by atoms with Crippen LogP contribution in [0.4, 0.5) is 5.69 Å². The van der Waals surface area contributed by atoms with E-state index in [1.807, 2.05) is 6.92 Å². The van der Waals surface area contributed by atoms with Crippen LogP contribution in [0.15, 0.2) is 22.7 Å². The van der Waals surface area contributed by atoms with E-state index in [4.69, 9.17) is 5.73 Å². The number of nitrogens with one attached hydrogen (secondary N) is 1. The average molecular weight is 301 g/mol. The normalized spacial score (nSPS) is 14.1. The molecule has 1 rings (SSSR count). The Morgan fingerprint density at radius 3 is 2.71 bits per heavy atom. The highest BCUT2D eigenvalue weighted by Crippen LogP contribution is 2.20. The minimum Gasteiger partial charge on any atom is -0.398 e. The van der Waals surface area contributed by atoms with Crippen LogP contribution in [0, 0.1) is 0 Å². The summed E-state index contributed by atoms with van der Waals surface area (Å²) in [6, 6.07) is 4.96. The molecule has 0 heterocycles. The Bertz CT molecular complexity index is 407. The highest BCUT2D eigenvalue weighted by Gasteiger charge is 2.12. The molecule has 4 N–H and O–H groups in total. The van der Waals surface area contributed by atoms with Crippen molar-refractivity contribution < 1.29 is 9.90 Å². The summed E-state index contributed by atoms with van der Waals surface area (Å²) in [7, 11) is 0. The molecule has 0 aliphatic rings. The summed E-state index contributed by atoms with van der Waals surface area (Å²) >= 11 is 3.28. The molecule has 0 spiro atoms. The van der Waals surface area contributed by atoms with E-state index in [-0.39, 0.29) is 11.9 Å². The van der Waals surface area contributed by atoms with E-state index >= 15 is 0 Å². The van der Waals surface area contributed by atoms with E-state index < -0.39 is 6.10 Å². The van der Waals surface area contributed by atoms with Gasteiger partial charge in [0.05, 0.1) is 6.10 Å².